The summed E-state index contributed by atoms with van der Waals surface area (Å²) in [6.45, 7) is 2.12. The van der Waals surface area contributed by atoms with Gasteiger partial charge in [0.15, 0.2) is 0 Å². The van der Waals surface area contributed by atoms with E-state index < -0.39 is 20.0 Å². The number of anilines is 2. The number of hydrogen-bond acceptors (Lipinski definition) is 5. The van der Waals surface area contributed by atoms with Gasteiger partial charge in [0, 0.05) is 11.0 Å². The molecular weight excluding hydrogens is 468 g/mol. The van der Waals surface area contributed by atoms with Crippen LogP contribution in [0.5, 0.6) is 5.75 Å². The summed E-state index contributed by atoms with van der Waals surface area (Å²) in [7, 11) is -6.09. The summed E-state index contributed by atoms with van der Waals surface area (Å²) in [5.74, 6) is 0.192. The lowest BCUT2D eigenvalue weighted by Gasteiger charge is -2.28. The Kier molecular flexibility index (Phi) is 5.92. The summed E-state index contributed by atoms with van der Waals surface area (Å²) < 4.78 is 60.7. The fraction of sp³-hybridized carbons (Fsp3) is 0.333. The number of halogens is 1. The van der Waals surface area contributed by atoms with E-state index in [-0.39, 0.29) is 16.4 Å². The molecule has 7 nitrogen and oxygen atoms in total. The first-order valence-electron chi connectivity index (χ1n) is 8.61. The number of nitrogens with zero attached hydrogens (tertiary/aromatic N) is 1. The summed E-state index contributed by atoms with van der Waals surface area (Å²) >= 11 is 3.35. The molecule has 1 fully saturated rings. The summed E-state index contributed by atoms with van der Waals surface area (Å²) in [6, 6.07) is 9.57. The largest absolute Gasteiger partial charge is 0.495 e. The zero-order chi connectivity index (χ0) is 20.5. The second-order valence-corrected chi connectivity index (χ2v) is 11.1. The van der Waals surface area contributed by atoms with Crippen molar-refractivity contribution >= 4 is 47.4 Å². The van der Waals surface area contributed by atoms with Gasteiger partial charge >= 0.3 is 0 Å². The Bertz CT molecular complexity index is 1100. The van der Waals surface area contributed by atoms with Crippen molar-refractivity contribution in [2.24, 2.45) is 0 Å². The van der Waals surface area contributed by atoms with Crippen LogP contribution in [0.4, 0.5) is 11.4 Å². The summed E-state index contributed by atoms with van der Waals surface area (Å²) in [6.07, 6.45) is 1.33. The van der Waals surface area contributed by atoms with Gasteiger partial charge in [-0.15, -0.1) is 0 Å². The van der Waals surface area contributed by atoms with Crippen LogP contribution in [0.2, 0.25) is 0 Å². The van der Waals surface area contributed by atoms with E-state index in [0.717, 1.165) is 16.5 Å². The molecule has 0 unspecified atom stereocenters. The molecule has 1 saturated heterocycles. The Hall–Kier alpha value is -1.78. The third kappa shape index (κ3) is 4.28. The molecule has 1 N–H and O–H groups in total. The summed E-state index contributed by atoms with van der Waals surface area (Å²) in [5.41, 5.74) is 1.49. The van der Waals surface area contributed by atoms with Crippen molar-refractivity contribution in [2.45, 2.75) is 24.7 Å². The van der Waals surface area contributed by atoms with Gasteiger partial charge in [-0.25, -0.2) is 16.8 Å². The topological polar surface area (TPSA) is 92.8 Å². The van der Waals surface area contributed by atoms with Gasteiger partial charge in [-0.05, 0) is 61.7 Å². The van der Waals surface area contributed by atoms with Crippen molar-refractivity contribution in [3.63, 3.8) is 0 Å². The van der Waals surface area contributed by atoms with Crippen molar-refractivity contribution < 1.29 is 21.6 Å². The molecule has 1 aliphatic rings. The Labute approximate surface area is 173 Å². The van der Waals surface area contributed by atoms with Crippen molar-refractivity contribution in [1.29, 1.82) is 0 Å². The minimum atomic E-state index is -4.00. The van der Waals surface area contributed by atoms with Gasteiger partial charge < -0.3 is 4.74 Å². The molecule has 2 aromatic rings. The second kappa shape index (κ2) is 7.92. The van der Waals surface area contributed by atoms with Gasteiger partial charge in [0.1, 0.15) is 10.6 Å². The van der Waals surface area contributed by atoms with Crippen LogP contribution >= 0.6 is 15.9 Å². The number of benzene rings is 2. The van der Waals surface area contributed by atoms with Gasteiger partial charge in [0.25, 0.3) is 10.0 Å². The molecule has 152 valence electrons. The average molecular weight is 489 g/mol. The molecule has 1 aliphatic heterocycles. The lowest BCUT2D eigenvalue weighted by molar-refractivity contribution is 0.403. The highest BCUT2D eigenvalue weighted by molar-refractivity contribution is 9.10. The molecule has 0 spiro atoms. The van der Waals surface area contributed by atoms with E-state index in [1.54, 1.807) is 31.2 Å². The SMILES string of the molecule is COc1ccc(N2CCCCS2(=O)=O)cc1S(=O)(=O)Nc1ccc(Br)cc1C. The van der Waals surface area contributed by atoms with E-state index in [1.165, 1.54) is 23.5 Å². The molecule has 3 rings (SSSR count). The highest BCUT2D eigenvalue weighted by Crippen LogP contribution is 2.33. The number of sulfonamides is 2. The summed E-state index contributed by atoms with van der Waals surface area (Å²) in [5, 5.41) is 0. The lowest BCUT2D eigenvalue weighted by Crippen LogP contribution is -2.37. The van der Waals surface area contributed by atoms with E-state index in [0.29, 0.717) is 24.3 Å². The molecule has 1 heterocycles. The maximum atomic E-state index is 13.0. The average Bonchev–Trinajstić information content (AvgIpc) is 2.63. The van der Waals surface area contributed by atoms with Gasteiger partial charge in [0.05, 0.1) is 24.2 Å². The van der Waals surface area contributed by atoms with Crippen LogP contribution in [0.25, 0.3) is 0 Å². The molecule has 2 aromatic carbocycles. The number of methoxy groups -OCH3 is 1. The molecule has 0 aromatic heterocycles. The maximum absolute atomic E-state index is 13.0. The minimum Gasteiger partial charge on any atom is -0.495 e. The van der Waals surface area contributed by atoms with Crippen molar-refractivity contribution in [3.8, 4) is 5.75 Å². The van der Waals surface area contributed by atoms with Gasteiger partial charge in [0.2, 0.25) is 10.0 Å². The first-order valence-corrected chi connectivity index (χ1v) is 12.5. The monoisotopic (exact) mass is 488 g/mol. The molecule has 0 radical (unpaired) electrons. The van der Waals surface area contributed by atoms with Crippen LogP contribution in [0.1, 0.15) is 18.4 Å². The molecule has 0 aliphatic carbocycles. The predicted molar refractivity (Wildman–Crippen MR) is 113 cm³/mol. The number of hydrogen-bond donors (Lipinski definition) is 1. The smallest absolute Gasteiger partial charge is 0.265 e. The quantitative estimate of drug-likeness (QED) is 0.694. The van der Waals surface area contributed by atoms with Gasteiger partial charge in [-0.2, -0.15) is 0 Å². The standard InChI is InChI=1S/C18H21BrN2O5S2/c1-13-11-14(19)5-7-16(13)20-28(24,25)18-12-15(6-8-17(18)26-2)21-9-3-4-10-27(21,22)23/h5-8,11-12,20H,3-4,9-10H2,1-2H3. The minimum absolute atomic E-state index is 0.0530. The zero-order valence-electron chi connectivity index (χ0n) is 15.5. The number of ether oxygens (including phenoxy) is 1. The molecule has 0 atom stereocenters. The van der Waals surface area contributed by atoms with Crippen LogP contribution in [0.3, 0.4) is 0 Å². The molecular formula is C18H21BrN2O5S2. The molecule has 10 heteroatoms. The number of rotatable bonds is 5. The van der Waals surface area contributed by atoms with Crippen LogP contribution in [-0.2, 0) is 20.0 Å². The Morgan fingerprint density at radius 2 is 1.89 bits per heavy atom. The number of aryl methyl sites for hydroxylation is 1. The van der Waals surface area contributed by atoms with E-state index in [9.17, 15) is 16.8 Å². The maximum Gasteiger partial charge on any atom is 0.265 e. The second-order valence-electron chi connectivity index (χ2n) is 6.50. The Morgan fingerprint density at radius 3 is 2.54 bits per heavy atom. The highest BCUT2D eigenvalue weighted by Gasteiger charge is 2.29. The molecule has 0 bridgehead atoms. The predicted octanol–water partition coefficient (Wildman–Crippen LogP) is 3.50. The van der Waals surface area contributed by atoms with Gasteiger partial charge in [-0.1, -0.05) is 15.9 Å². The first kappa shape index (κ1) is 20.9. The van der Waals surface area contributed by atoms with Crippen molar-refractivity contribution in [1.82, 2.24) is 0 Å². The van der Waals surface area contributed by atoms with E-state index in [4.69, 9.17) is 4.74 Å². The van der Waals surface area contributed by atoms with Crippen LogP contribution in [0, 0.1) is 6.92 Å². The summed E-state index contributed by atoms with van der Waals surface area (Å²) in [4.78, 5) is -0.115. The van der Waals surface area contributed by atoms with Crippen molar-refractivity contribution in [2.75, 3.05) is 28.4 Å². The van der Waals surface area contributed by atoms with Gasteiger partial charge in [-0.3, -0.25) is 9.03 Å². The van der Waals surface area contributed by atoms with E-state index >= 15 is 0 Å². The zero-order valence-corrected chi connectivity index (χ0v) is 18.7. The third-order valence-electron chi connectivity index (χ3n) is 4.51. The van der Waals surface area contributed by atoms with E-state index in [1.807, 2.05) is 0 Å². The Morgan fingerprint density at radius 1 is 1.14 bits per heavy atom. The normalized spacial score (nSPS) is 16.6. The fourth-order valence-electron chi connectivity index (χ4n) is 3.05. The molecule has 0 amide bonds. The Balaban J connectivity index is 2.04. The fourth-order valence-corrected chi connectivity index (χ4v) is 6.48. The third-order valence-corrected chi connectivity index (χ3v) is 8.26. The first-order chi connectivity index (χ1) is 13.1. The molecule has 0 saturated carbocycles. The molecule has 28 heavy (non-hydrogen) atoms. The van der Waals surface area contributed by atoms with Crippen LogP contribution in [0.15, 0.2) is 45.8 Å². The van der Waals surface area contributed by atoms with Crippen LogP contribution in [-0.4, -0.2) is 36.2 Å². The van der Waals surface area contributed by atoms with Crippen LogP contribution < -0.4 is 13.8 Å². The number of nitrogens with one attached hydrogen (secondary N) is 1. The highest BCUT2D eigenvalue weighted by atomic mass is 79.9. The van der Waals surface area contributed by atoms with Crippen molar-refractivity contribution in [3.05, 3.63) is 46.4 Å². The lowest BCUT2D eigenvalue weighted by atomic mass is 10.2. The van der Waals surface area contributed by atoms with E-state index in [2.05, 4.69) is 20.7 Å².